The monoisotopic (exact) mass is 463 g/mol. The van der Waals surface area contributed by atoms with Crippen LogP contribution in [0.1, 0.15) is 52.6 Å². The molecule has 2 atom stereocenters. The minimum Gasteiger partial charge on any atom is -0.363 e. The number of aryl methyl sites for hydroxylation is 1. The molecule has 10 heteroatoms. The van der Waals surface area contributed by atoms with Gasteiger partial charge in [0.2, 0.25) is 0 Å². The second-order valence-corrected chi connectivity index (χ2v) is 8.02. The third-order valence-corrected chi connectivity index (χ3v) is 5.72. The van der Waals surface area contributed by atoms with Crippen molar-refractivity contribution in [3.05, 3.63) is 76.2 Å². The molecule has 1 aliphatic heterocycles. The average molecular weight is 464 g/mol. The first-order valence-corrected chi connectivity index (χ1v) is 10.5. The SMILES string of the molecule is CCc1ccc(C2CC(C(F)(F)F)n3ncc(C(=O)NCc4ccc(Cl)cn4)c3N2)cc1. The highest BCUT2D eigenvalue weighted by molar-refractivity contribution is 6.30. The van der Waals surface area contributed by atoms with E-state index in [1.54, 1.807) is 12.1 Å². The van der Waals surface area contributed by atoms with Crippen LogP contribution in [0.3, 0.4) is 0 Å². The van der Waals surface area contributed by atoms with Crippen LogP contribution in [0.5, 0.6) is 0 Å². The summed E-state index contributed by atoms with van der Waals surface area (Å²) >= 11 is 5.81. The number of fused-ring (bicyclic) bond motifs is 1. The molecule has 32 heavy (non-hydrogen) atoms. The van der Waals surface area contributed by atoms with Crippen molar-refractivity contribution in [2.24, 2.45) is 0 Å². The third-order valence-electron chi connectivity index (χ3n) is 5.49. The summed E-state index contributed by atoms with van der Waals surface area (Å²) in [7, 11) is 0. The van der Waals surface area contributed by atoms with Gasteiger partial charge in [-0.3, -0.25) is 9.78 Å². The van der Waals surface area contributed by atoms with Crippen molar-refractivity contribution in [3.63, 3.8) is 0 Å². The second kappa shape index (κ2) is 8.82. The molecular weight excluding hydrogens is 443 g/mol. The van der Waals surface area contributed by atoms with Gasteiger partial charge in [0.1, 0.15) is 11.4 Å². The number of pyridine rings is 1. The number of rotatable bonds is 5. The summed E-state index contributed by atoms with van der Waals surface area (Å²) in [4.78, 5) is 16.9. The smallest absolute Gasteiger partial charge is 0.363 e. The fourth-order valence-corrected chi connectivity index (χ4v) is 3.82. The maximum atomic E-state index is 13.8. The van der Waals surface area contributed by atoms with Crippen LogP contribution in [-0.4, -0.2) is 26.8 Å². The van der Waals surface area contributed by atoms with Gasteiger partial charge in [0, 0.05) is 12.6 Å². The van der Waals surface area contributed by atoms with Gasteiger partial charge in [-0.05, 0) is 29.7 Å². The molecule has 2 unspecified atom stereocenters. The van der Waals surface area contributed by atoms with Crippen LogP contribution in [0.15, 0.2) is 48.8 Å². The van der Waals surface area contributed by atoms with Crippen molar-refractivity contribution >= 4 is 23.3 Å². The van der Waals surface area contributed by atoms with E-state index in [-0.39, 0.29) is 24.3 Å². The van der Waals surface area contributed by atoms with Gasteiger partial charge in [-0.1, -0.05) is 42.8 Å². The van der Waals surface area contributed by atoms with Crippen LogP contribution in [0.25, 0.3) is 0 Å². The number of aromatic nitrogens is 3. The largest absolute Gasteiger partial charge is 0.410 e. The molecule has 0 bridgehead atoms. The van der Waals surface area contributed by atoms with E-state index in [1.807, 2.05) is 31.2 Å². The Kier molecular flexibility index (Phi) is 6.10. The molecule has 0 saturated carbocycles. The van der Waals surface area contributed by atoms with Crippen molar-refractivity contribution in [2.75, 3.05) is 5.32 Å². The van der Waals surface area contributed by atoms with Gasteiger partial charge in [-0.2, -0.15) is 18.3 Å². The molecule has 2 N–H and O–H groups in total. The number of hydrogen-bond donors (Lipinski definition) is 2. The van der Waals surface area contributed by atoms with Crippen LogP contribution in [0, 0.1) is 0 Å². The first-order chi connectivity index (χ1) is 15.3. The van der Waals surface area contributed by atoms with Gasteiger partial charge in [-0.15, -0.1) is 0 Å². The summed E-state index contributed by atoms with van der Waals surface area (Å²) in [6, 6.07) is 8.29. The molecule has 4 rings (SSSR count). The minimum absolute atomic E-state index is 0.0445. The van der Waals surface area contributed by atoms with Crippen LogP contribution < -0.4 is 10.6 Å². The number of benzene rings is 1. The van der Waals surface area contributed by atoms with E-state index in [4.69, 9.17) is 11.6 Å². The molecule has 1 aliphatic rings. The average Bonchev–Trinajstić information content (AvgIpc) is 3.21. The van der Waals surface area contributed by atoms with Crippen LogP contribution in [0.4, 0.5) is 19.0 Å². The number of hydrogen-bond acceptors (Lipinski definition) is 4. The Balaban J connectivity index is 1.60. The molecule has 0 spiro atoms. The normalized spacial score (nSPS) is 18.0. The minimum atomic E-state index is -4.51. The van der Waals surface area contributed by atoms with E-state index < -0.39 is 24.2 Å². The number of carbonyl (C=O) groups is 1. The molecule has 3 aromatic rings. The Morgan fingerprint density at radius 2 is 1.97 bits per heavy atom. The van der Waals surface area contributed by atoms with Crippen molar-refractivity contribution in [3.8, 4) is 0 Å². The Hall–Kier alpha value is -3.07. The highest BCUT2D eigenvalue weighted by atomic mass is 35.5. The summed E-state index contributed by atoms with van der Waals surface area (Å²) < 4.78 is 42.3. The second-order valence-electron chi connectivity index (χ2n) is 7.59. The Labute approximate surface area is 187 Å². The van der Waals surface area contributed by atoms with E-state index in [1.165, 1.54) is 6.20 Å². The topological polar surface area (TPSA) is 71.8 Å². The van der Waals surface area contributed by atoms with Gasteiger partial charge in [0.25, 0.3) is 5.91 Å². The van der Waals surface area contributed by atoms with E-state index in [0.717, 1.165) is 28.4 Å². The highest BCUT2D eigenvalue weighted by Crippen LogP contribution is 2.44. The highest BCUT2D eigenvalue weighted by Gasteiger charge is 2.47. The lowest BCUT2D eigenvalue weighted by atomic mass is 9.95. The zero-order valence-electron chi connectivity index (χ0n) is 17.2. The number of amides is 1. The molecular formula is C22H21ClF3N5O. The molecule has 168 valence electrons. The molecule has 0 radical (unpaired) electrons. The summed E-state index contributed by atoms with van der Waals surface area (Å²) in [5.74, 6) is -0.497. The lowest BCUT2D eigenvalue weighted by Gasteiger charge is -2.34. The van der Waals surface area contributed by atoms with Crippen LogP contribution in [0.2, 0.25) is 5.02 Å². The summed E-state index contributed by atoms with van der Waals surface area (Å²) in [5, 5.41) is 10.1. The third kappa shape index (κ3) is 4.57. The number of nitrogens with one attached hydrogen (secondary N) is 2. The zero-order valence-corrected chi connectivity index (χ0v) is 17.9. The van der Waals surface area contributed by atoms with Gasteiger partial charge < -0.3 is 10.6 Å². The molecule has 0 aliphatic carbocycles. The van der Waals surface area contributed by atoms with Gasteiger partial charge in [-0.25, -0.2) is 4.68 Å². The predicted octanol–water partition coefficient (Wildman–Crippen LogP) is 5.08. The van der Waals surface area contributed by atoms with Crippen molar-refractivity contribution < 1.29 is 18.0 Å². The molecule has 1 amide bonds. The molecule has 6 nitrogen and oxygen atoms in total. The quantitative estimate of drug-likeness (QED) is 0.553. The first-order valence-electron chi connectivity index (χ1n) is 10.1. The van der Waals surface area contributed by atoms with E-state index >= 15 is 0 Å². The fourth-order valence-electron chi connectivity index (χ4n) is 3.71. The maximum Gasteiger partial charge on any atom is 0.410 e. The molecule has 3 heterocycles. The zero-order chi connectivity index (χ0) is 22.9. The van der Waals surface area contributed by atoms with Crippen LogP contribution >= 0.6 is 11.6 Å². The molecule has 0 saturated heterocycles. The van der Waals surface area contributed by atoms with E-state index in [0.29, 0.717) is 10.7 Å². The van der Waals surface area contributed by atoms with Gasteiger partial charge >= 0.3 is 6.18 Å². The van der Waals surface area contributed by atoms with E-state index in [2.05, 4.69) is 20.7 Å². The molecule has 1 aromatic carbocycles. The van der Waals surface area contributed by atoms with Crippen molar-refractivity contribution in [1.82, 2.24) is 20.1 Å². The molecule has 2 aromatic heterocycles. The Bertz CT molecular complexity index is 1100. The lowest BCUT2D eigenvalue weighted by molar-refractivity contribution is -0.173. The maximum absolute atomic E-state index is 13.8. The standard InChI is InChI=1S/C22H21ClF3N5O/c1-2-13-3-5-14(6-4-13)18-9-19(22(24,25)26)31-20(30-18)17(12-29-31)21(32)28-11-16-8-7-15(23)10-27-16/h3-8,10,12,18-19,30H,2,9,11H2,1H3,(H,28,32). The van der Waals surface area contributed by atoms with Gasteiger partial charge in [0.05, 0.1) is 29.5 Å². The number of anilines is 1. The van der Waals surface area contributed by atoms with Crippen LogP contribution in [-0.2, 0) is 13.0 Å². The van der Waals surface area contributed by atoms with Crippen molar-refractivity contribution in [1.29, 1.82) is 0 Å². The predicted molar refractivity (Wildman–Crippen MR) is 115 cm³/mol. The van der Waals surface area contributed by atoms with Gasteiger partial charge in [0.15, 0.2) is 6.04 Å². The summed E-state index contributed by atoms with van der Waals surface area (Å²) in [6.45, 7) is 2.11. The fraction of sp³-hybridized carbons (Fsp3) is 0.318. The van der Waals surface area contributed by atoms with Crippen molar-refractivity contribution in [2.45, 2.75) is 44.6 Å². The number of nitrogens with zero attached hydrogens (tertiary/aromatic N) is 3. The summed E-state index contributed by atoms with van der Waals surface area (Å²) in [6.07, 6.45) is -1.28. The molecule has 0 fully saturated rings. The number of alkyl halides is 3. The Morgan fingerprint density at radius 3 is 2.59 bits per heavy atom. The number of halogens is 4. The van der Waals surface area contributed by atoms with E-state index in [9.17, 15) is 18.0 Å². The lowest BCUT2D eigenvalue weighted by Crippen LogP contribution is -2.36. The number of carbonyl (C=O) groups excluding carboxylic acids is 1. The first kappa shape index (κ1) is 22.1. The summed E-state index contributed by atoms with van der Waals surface area (Å²) in [5.41, 5.74) is 2.43. The Morgan fingerprint density at radius 1 is 1.22 bits per heavy atom.